The quantitative estimate of drug-likeness (QED) is 0.426. The Kier molecular flexibility index (Phi) is 8.42. The van der Waals surface area contributed by atoms with E-state index in [2.05, 4.69) is 5.32 Å². The number of nitrogens with one attached hydrogen (secondary N) is 1. The number of rotatable bonds is 10. The van der Waals surface area contributed by atoms with E-state index in [1.54, 1.807) is 37.3 Å². The third-order valence-corrected chi connectivity index (χ3v) is 7.29. The molecule has 4 rings (SSSR count). The topological polar surface area (TPSA) is 67.9 Å². The van der Waals surface area contributed by atoms with Crippen LogP contribution in [0.15, 0.2) is 66.0 Å². The van der Waals surface area contributed by atoms with Gasteiger partial charge in [0.1, 0.15) is 17.5 Å². The van der Waals surface area contributed by atoms with Gasteiger partial charge < -0.3 is 19.7 Å². The Morgan fingerprint density at radius 3 is 2.46 bits per heavy atom. The van der Waals surface area contributed by atoms with Gasteiger partial charge in [0.15, 0.2) is 0 Å². The number of carbonyl (C=O) groups is 2. The molecule has 1 aromatic heterocycles. The summed E-state index contributed by atoms with van der Waals surface area (Å²) in [6.07, 6.45) is 4.33. The molecule has 7 heteroatoms. The van der Waals surface area contributed by atoms with Gasteiger partial charge in [-0.15, -0.1) is 11.3 Å². The first-order valence-electron chi connectivity index (χ1n) is 12.0. The first-order chi connectivity index (χ1) is 17.1. The smallest absolute Gasteiger partial charge is 0.247 e. The molecule has 0 saturated heterocycles. The fourth-order valence-electron chi connectivity index (χ4n) is 4.62. The summed E-state index contributed by atoms with van der Waals surface area (Å²) < 4.78 is 11.1. The lowest BCUT2D eigenvalue weighted by Gasteiger charge is -2.33. The molecule has 2 aromatic carbocycles. The van der Waals surface area contributed by atoms with E-state index in [4.69, 9.17) is 9.47 Å². The van der Waals surface area contributed by atoms with Crippen molar-refractivity contribution in [2.75, 3.05) is 14.2 Å². The SMILES string of the molecule is COc1ccc(OC)c(C(C(=O)NC2CCCC2)N(Cc2ccccc2)C(=O)Cc2cccs2)c1. The minimum atomic E-state index is -0.867. The van der Waals surface area contributed by atoms with Gasteiger partial charge in [0.05, 0.1) is 20.6 Å². The number of hydrogen-bond acceptors (Lipinski definition) is 5. The summed E-state index contributed by atoms with van der Waals surface area (Å²) in [6, 6.07) is 18.3. The lowest BCUT2D eigenvalue weighted by atomic mass is 10.00. The van der Waals surface area contributed by atoms with Crippen LogP contribution in [0.4, 0.5) is 0 Å². The predicted molar refractivity (Wildman–Crippen MR) is 138 cm³/mol. The highest BCUT2D eigenvalue weighted by atomic mass is 32.1. The first kappa shape index (κ1) is 24.8. The van der Waals surface area contributed by atoms with Crippen LogP contribution in [0.5, 0.6) is 11.5 Å². The van der Waals surface area contributed by atoms with Crippen molar-refractivity contribution in [2.24, 2.45) is 0 Å². The number of methoxy groups -OCH3 is 2. The minimum Gasteiger partial charge on any atom is -0.497 e. The standard InChI is InChI=1S/C28H32N2O4S/c1-33-22-14-15-25(34-2)24(17-22)27(28(32)29-21-11-6-7-12-21)30(19-20-9-4-3-5-10-20)26(31)18-23-13-8-16-35-23/h3-5,8-10,13-17,21,27H,6-7,11-12,18-19H2,1-2H3,(H,29,32). The molecule has 35 heavy (non-hydrogen) atoms. The molecule has 6 nitrogen and oxygen atoms in total. The molecule has 0 bridgehead atoms. The van der Waals surface area contributed by atoms with Gasteiger partial charge in [0.25, 0.3) is 0 Å². The van der Waals surface area contributed by atoms with E-state index >= 15 is 0 Å². The van der Waals surface area contributed by atoms with Crippen LogP contribution < -0.4 is 14.8 Å². The van der Waals surface area contributed by atoms with E-state index in [9.17, 15) is 9.59 Å². The summed E-state index contributed by atoms with van der Waals surface area (Å²) in [4.78, 5) is 30.3. The van der Waals surface area contributed by atoms with Gasteiger partial charge in [0.2, 0.25) is 11.8 Å². The van der Waals surface area contributed by atoms with Gasteiger partial charge in [-0.1, -0.05) is 49.2 Å². The summed E-state index contributed by atoms with van der Waals surface area (Å²) in [5.74, 6) is 0.829. The normalized spacial score (nSPS) is 14.3. The maximum atomic E-state index is 13.9. The second-order valence-corrected chi connectivity index (χ2v) is 9.80. The van der Waals surface area contributed by atoms with Crippen LogP contribution >= 0.6 is 11.3 Å². The molecule has 1 heterocycles. The number of carbonyl (C=O) groups excluding carboxylic acids is 2. The maximum Gasteiger partial charge on any atom is 0.247 e. The molecule has 0 spiro atoms. The molecule has 2 amide bonds. The van der Waals surface area contributed by atoms with E-state index in [1.807, 2.05) is 47.8 Å². The van der Waals surface area contributed by atoms with E-state index in [1.165, 1.54) is 11.3 Å². The monoisotopic (exact) mass is 492 g/mol. The zero-order valence-corrected chi connectivity index (χ0v) is 21.1. The molecule has 1 atom stereocenters. The van der Waals surface area contributed by atoms with E-state index in [-0.39, 0.29) is 24.3 Å². The van der Waals surface area contributed by atoms with Gasteiger partial charge in [-0.2, -0.15) is 0 Å². The van der Waals surface area contributed by atoms with Gasteiger partial charge >= 0.3 is 0 Å². The van der Waals surface area contributed by atoms with Crippen LogP contribution in [-0.2, 0) is 22.6 Å². The van der Waals surface area contributed by atoms with Crippen molar-refractivity contribution in [3.05, 3.63) is 82.0 Å². The van der Waals surface area contributed by atoms with E-state index in [0.29, 0.717) is 23.6 Å². The van der Waals surface area contributed by atoms with Crippen LogP contribution in [0.25, 0.3) is 0 Å². The average molecular weight is 493 g/mol. The van der Waals surface area contributed by atoms with Crippen LogP contribution in [0.2, 0.25) is 0 Å². The zero-order chi connectivity index (χ0) is 24.6. The molecule has 1 fully saturated rings. The zero-order valence-electron chi connectivity index (χ0n) is 20.2. The number of ether oxygens (including phenoxy) is 2. The fourth-order valence-corrected chi connectivity index (χ4v) is 5.32. The Hall–Kier alpha value is -3.32. The largest absolute Gasteiger partial charge is 0.497 e. The lowest BCUT2D eigenvalue weighted by Crippen LogP contribution is -2.46. The maximum absolute atomic E-state index is 13.9. The molecule has 184 valence electrons. The summed E-state index contributed by atoms with van der Waals surface area (Å²) >= 11 is 1.54. The van der Waals surface area contributed by atoms with Crippen LogP contribution in [-0.4, -0.2) is 37.0 Å². The Balaban J connectivity index is 1.77. The number of hydrogen-bond donors (Lipinski definition) is 1. The highest BCUT2D eigenvalue weighted by Crippen LogP contribution is 2.35. The van der Waals surface area contributed by atoms with Crippen LogP contribution in [0, 0.1) is 0 Å². The summed E-state index contributed by atoms with van der Waals surface area (Å²) in [6.45, 7) is 0.300. The highest BCUT2D eigenvalue weighted by Gasteiger charge is 2.35. The van der Waals surface area contributed by atoms with Gasteiger partial charge in [0, 0.05) is 23.0 Å². The third kappa shape index (κ3) is 6.22. The second-order valence-electron chi connectivity index (χ2n) is 8.76. The lowest BCUT2D eigenvalue weighted by molar-refractivity contribution is -0.141. The number of benzene rings is 2. The average Bonchev–Trinajstić information content (AvgIpc) is 3.58. The van der Waals surface area contributed by atoms with Gasteiger partial charge in [-0.05, 0) is 48.1 Å². The fraction of sp³-hybridized carbons (Fsp3) is 0.357. The van der Waals surface area contributed by atoms with E-state index in [0.717, 1.165) is 36.1 Å². The van der Waals surface area contributed by atoms with Gasteiger partial charge in [-0.3, -0.25) is 9.59 Å². The second kappa shape index (κ2) is 11.9. The molecular formula is C28H32N2O4S. The van der Waals surface area contributed by atoms with Crippen LogP contribution in [0.3, 0.4) is 0 Å². The first-order valence-corrected chi connectivity index (χ1v) is 12.8. The molecule has 1 aliphatic rings. The molecule has 1 N–H and O–H groups in total. The number of amides is 2. The molecule has 0 radical (unpaired) electrons. The predicted octanol–water partition coefficient (Wildman–Crippen LogP) is 5.14. The third-order valence-electron chi connectivity index (χ3n) is 6.41. The Morgan fingerprint density at radius 2 is 1.80 bits per heavy atom. The van der Waals surface area contributed by atoms with Gasteiger partial charge in [-0.25, -0.2) is 0 Å². The molecule has 1 saturated carbocycles. The van der Waals surface area contributed by atoms with Crippen molar-refractivity contribution in [3.63, 3.8) is 0 Å². The van der Waals surface area contributed by atoms with Crippen molar-refractivity contribution >= 4 is 23.2 Å². The van der Waals surface area contributed by atoms with Crippen molar-refractivity contribution in [2.45, 2.75) is 50.7 Å². The highest BCUT2D eigenvalue weighted by molar-refractivity contribution is 7.10. The molecule has 1 unspecified atom stereocenters. The molecular weight excluding hydrogens is 460 g/mol. The number of thiophene rings is 1. The van der Waals surface area contributed by atoms with Crippen LogP contribution in [0.1, 0.15) is 47.7 Å². The number of nitrogens with zero attached hydrogens (tertiary/aromatic N) is 1. The molecule has 1 aliphatic carbocycles. The van der Waals surface area contributed by atoms with Crippen molar-refractivity contribution in [3.8, 4) is 11.5 Å². The van der Waals surface area contributed by atoms with Crippen molar-refractivity contribution in [1.29, 1.82) is 0 Å². The van der Waals surface area contributed by atoms with E-state index < -0.39 is 6.04 Å². The minimum absolute atomic E-state index is 0.118. The summed E-state index contributed by atoms with van der Waals surface area (Å²) in [7, 11) is 3.16. The summed E-state index contributed by atoms with van der Waals surface area (Å²) in [5.41, 5.74) is 1.56. The molecule has 0 aliphatic heterocycles. The summed E-state index contributed by atoms with van der Waals surface area (Å²) in [5, 5.41) is 5.18. The molecule has 3 aromatic rings. The Labute approximate surface area is 210 Å². The Bertz CT molecular complexity index is 1110. The van der Waals surface area contributed by atoms with Crippen molar-refractivity contribution < 1.29 is 19.1 Å². The Morgan fingerprint density at radius 1 is 1.03 bits per heavy atom. The van der Waals surface area contributed by atoms with Crippen molar-refractivity contribution in [1.82, 2.24) is 10.2 Å².